The second-order valence-corrected chi connectivity index (χ2v) is 7.97. The van der Waals surface area contributed by atoms with Crippen LogP contribution in [-0.4, -0.2) is 20.2 Å². The van der Waals surface area contributed by atoms with Crippen molar-refractivity contribution >= 4 is 31.6 Å². The van der Waals surface area contributed by atoms with Crippen molar-refractivity contribution in [3.8, 4) is 11.5 Å². The van der Waals surface area contributed by atoms with E-state index in [9.17, 15) is 13.2 Å². The average Bonchev–Trinajstić information content (AvgIpc) is 3.16. The van der Waals surface area contributed by atoms with Gasteiger partial charge in [0.25, 0.3) is 0 Å². The highest BCUT2D eigenvalue weighted by Gasteiger charge is 2.17. The van der Waals surface area contributed by atoms with E-state index in [0.29, 0.717) is 21.7 Å². The van der Waals surface area contributed by atoms with Gasteiger partial charge in [-0.1, -0.05) is 17.4 Å². The summed E-state index contributed by atoms with van der Waals surface area (Å²) in [5, 5.41) is 0. The summed E-state index contributed by atoms with van der Waals surface area (Å²) in [6, 6.07) is 9.80. The second kappa shape index (κ2) is 5.62. The van der Waals surface area contributed by atoms with E-state index in [1.807, 2.05) is 0 Å². The number of sulfonamides is 1. The first-order valence-corrected chi connectivity index (χ1v) is 9.32. The SMILES string of the molecule is O=c1[nH]c2ccc(S(=O)(=O)NCc3ccc4c(c3)OCO4)cc2s1. The normalized spacial score (nSPS) is 13.5. The van der Waals surface area contributed by atoms with Crippen molar-refractivity contribution in [3.05, 3.63) is 51.6 Å². The highest BCUT2D eigenvalue weighted by atomic mass is 32.2. The molecule has 24 heavy (non-hydrogen) atoms. The van der Waals surface area contributed by atoms with E-state index in [1.54, 1.807) is 24.3 Å². The number of ether oxygens (including phenoxy) is 2. The lowest BCUT2D eigenvalue weighted by Crippen LogP contribution is -2.23. The Morgan fingerprint density at radius 1 is 1.12 bits per heavy atom. The molecule has 124 valence electrons. The lowest BCUT2D eigenvalue weighted by Gasteiger charge is -2.07. The number of rotatable bonds is 4. The van der Waals surface area contributed by atoms with Crippen LogP contribution in [0, 0.1) is 0 Å². The van der Waals surface area contributed by atoms with Crippen molar-refractivity contribution in [1.82, 2.24) is 9.71 Å². The summed E-state index contributed by atoms with van der Waals surface area (Å²) in [5.74, 6) is 1.25. The van der Waals surface area contributed by atoms with Gasteiger partial charge in [0.05, 0.1) is 15.1 Å². The zero-order chi connectivity index (χ0) is 16.7. The lowest BCUT2D eigenvalue weighted by molar-refractivity contribution is 0.174. The molecule has 0 spiro atoms. The molecule has 2 aromatic carbocycles. The van der Waals surface area contributed by atoms with Crippen LogP contribution in [0.5, 0.6) is 11.5 Å². The van der Waals surface area contributed by atoms with E-state index in [-0.39, 0.29) is 23.1 Å². The fourth-order valence-electron chi connectivity index (χ4n) is 2.41. The van der Waals surface area contributed by atoms with Crippen LogP contribution in [-0.2, 0) is 16.6 Å². The maximum absolute atomic E-state index is 12.4. The molecule has 0 saturated heterocycles. The molecule has 1 aromatic heterocycles. The maximum Gasteiger partial charge on any atom is 0.305 e. The summed E-state index contributed by atoms with van der Waals surface area (Å²) >= 11 is 0.977. The number of H-pyrrole nitrogens is 1. The van der Waals surface area contributed by atoms with Gasteiger partial charge in [-0.25, -0.2) is 13.1 Å². The Morgan fingerprint density at radius 3 is 2.83 bits per heavy atom. The smallest absolute Gasteiger partial charge is 0.305 e. The van der Waals surface area contributed by atoms with Crippen molar-refractivity contribution in [3.63, 3.8) is 0 Å². The molecule has 0 aliphatic carbocycles. The zero-order valence-corrected chi connectivity index (χ0v) is 13.9. The molecule has 0 atom stereocenters. The number of thiazole rings is 1. The van der Waals surface area contributed by atoms with Gasteiger partial charge in [-0.05, 0) is 35.9 Å². The lowest BCUT2D eigenvalue weighted by atomic mass is 10.2. The summed E-state index contributed by atoms with van der Waals surface area (Å²) in [4.78, 5) is 13.9. The fourth-order valence-corrected chi connectivity index (χ4v) is 4.30. The Kier molecular flexibility index (Phi) is 3.56. The number of fused-ring (bicyclic) bond motifs is 2. The van der Waals surface area contributed by atoms with E-state index in [2.05, 4.69) is 9.71 Å². The van der Waals surface area contributed by atoms with Crippen molar-refractivity contribution in [2.75, 3.05) is 6.79 Å². The van der Waals surface area contributed by atoms with Crippen LogP contribution in [0.3, 0.4) is 0 Å². The first-order valence-electron chi connectivity index (χ1n) is 7.02. The molecule has 9 heteroatoms. The quantitative estimate of drug-likeness (QED) is 0.736. The molecule has 0 radical (unpaired) electrons. The van der Waals surface area contributed by atoms with Crippen LogP contribution in [0.25, 0.3) is 10.2 Å². The van der Waals surface area contributed by atoms with E-state index in [1.165, 1.54) is 12.1 Å². The van der Waals surface area contributed by atoms with Gasteiger partial charge in [-0.15, -0.1) is 0 Å². The van der Waals surface area contributed by atoms with Gasteiger partial charge in [-0.2, -0.15) is 0 Å². The molecule has 0 unspecified atom stereocenters. The minimum absolute atomic E-state index is 0.117. The summed E-state index contributed by atoms with van der Waals surface area (Å²) in [5.41, 5.74) is 1.38. The standard InChI is InChI=1S/C15H12N2O5S2/c18-15-17-11-3-2-10(6-14(11)23-15)24(19,20)16-7-9-1-4-12-13(5-9)22-8-21-12/h1-6,16H,7-8H2,(H,17,18). The van der Waals surface area contributed by atoms with Crippen molar-refractivity contribution in [2.45, 2.75) is 11.4 Å². The van der Waals surface area contributed by atoms with Crippen LogP contribution < -0.4 is 19.1 Å². The molecule has 2 heterocycles. The topological polar surface area (TPSA) is 97.5 Å². The Labute approximate surface area is 140 Å². The van der Waals surface area contributed by atoms with Gasteiger partial charge >= 0.3 is 4.87 Å². The molecule has 0 amide bonds. The van der Waals surface area contributed by atoms with Gasteiger partial charge in [0.1, 0.15) is 0 Å². The third-order valence-electron chi connectivity index (χ3n) is 3.61. The molecular formula is C15H12N2O5S2. The van der Waals surface area contributed by atoms with Crippen molar-refractivity contribution in [1.29, 1.82) is 0 Å². The minimum atomic E-state index is -3.69. The van der Waals surface area contributed by atoms with Crippen LogP contribution in [0.1, 0.15) is 5.56 Å². The summed E-state index contributed by atoms with van der Waals surface area (Å²) < 4.78 is 38.5. The van der Waals surface area contributed by atoms with E-state index in [0.717, 1.165) is 16.9 Å². The first kappa shape index (κ1) is 15.2. The van der Waals surface area contributed by atoms with Gasteiger partial charge in [0.2, 0.25) is 16.8 Å². The zero-order valence-electron chi connectivity index (χ0n) is 12.2. The van der Waals surface area contributed by atoms with Crippen LogP contribution in [0.4, 0.5) is 0 Å². The highest BCUT2D eigenvalue weighted by molar-refractivity contribution is 7.89. The van der Waals surface area contributed by atoms with Gasteiger partial charge < -0.3 is 14.5 Å². The Bertz CT molecular complexity index is 1080. The molecule has 1 aliphatic heterocycles. The van der Waals surface area contributed by atoms with E-state index < -0.39 is 10.0 Å². The second-order valence-electron chi connectivity index (χ2n) is 5.18. The predicted molar refractivity (Wildman–Crippen MR) is 89.0 cm³/mol. The van der Waals surface area contributed by atoms with Crippen LogP contribution in [0.2, 0.25) is 0 Å². The highest BCUT2D eigenvalue weighted by Crippen LogP contribution is 2.32. The third kappa shape index (κ3) is 2.77. The molecule has 0 bridgehead atoms. The summed E-state index contributed by atoms with van der Waals surface area (Å²) in [6.07, 6.45) is 0. The fraction of sp³-hybridized carbons (Fsp3) is 0.133. The Balaban J connectivity index is 1.56. The van der Waals surface area contributed by atoms with Crippen LogP contribution >= 0.6 is 11.3 Å². The molecule has 3 aromatic rings. The molecule has 4 rings (SSSR count). The van der Waals surface area contributed by atoms with E-state index >= 15 is 0 Å². The summed E-state index contributed by atoms with van der Waals surface area (Å²) in [7, 11) is -3.69. The Morgan fingerprint density at radius 2 is 1.96 bits per heavy atom. The summed E-state index contributed by atoms with van der Waals surface area (Å²) in [6.45, 7) is 0.296. The van der Waals surface area contributed by atoms with E-state index in [4.69, 9.17) is 9.47 Å². The van der Waals surface area contributed by atoms with Crippen molar-refractivity contribution in [2.24, 2.45) is 0 Å². The molecule has 0 fully saturated rings. The minimum Gasteiger partial charge on any atom is -0.454 e. The number of aromatic amines is 1. The van der Waals surface area contributed by atoms with Crippen molar-refractivity contribution < 1.29 is 17.9 Å². The number of hydrogen-bond acceptors (Lipinski definition) is 6. The van der Waals surface area contributed by atoms with Gasteiger partial charge in [0, 0.05) is 6.54 Å². The van der Waals surface area contributed by atoms with Gasteiger partial charge in [-0.3, -0.25) is 4.79 Å². The third-order valence-corrected chi connectivity index (χ3v) is 5.85. The molecular weight excluding hydrogens is 352 g/mol. The molecule has 1 aliphatic rings. The monoisotopic (exact) mass is 364 g/mol. The number of nitrogens with one attached hydrogen (secondary N) is 2. The maximum atomic E-state index is 12.4. The Hall–Kier alpha value is -2.36. The first-order chi connectivity index (χ1) is 11.5. The van der Waals surface area contributed by atoms with Crippen LogP contribution in [0.15, 0.2) is 46.1 Å². The average molecular weight is 364 g/mol. The molecule has 2 N–H and O–H groups in total. The number of aromatic nitrogens is 1. The molecule has 0 saturated carbocycles. The van der Waals surface area contributed by atoms with Gasteiger partial charge in [0.15, 0.2) is 11.5 Å². The molecule has 7 nitrogen and oxygen atoms in total. The largest absolute Gasteiger partial charge is 0.454 e. The number of hydrogen-bond donors (Lipinski definition) is 2. The number of benzene rings is 2. The predicted octanol–water partition coefficient (Wildman–Crippen LogP) is 1.80.